The van der Waals surface area contributed by atoms with E-state index >= 15 is 0 Å². The van der Waals surface area contributed by atoms with Gasteiger partial charge in [-0.25, -0.2) is 0 Å². The normalized spacial score (nSPS) is 21.5. The van der Waals surface area contributed by atoms with Crippen molar-refractivity contribution in [1.82, 2.24) is 20.4 Å². The Balaban J connectivity index is 1.68. The standard InChI is InChI=1S/C13H16N4O2/c18-11(10-1-5-15-16-9-10)17-7-3-13(4-8-17)2-6-14-12(13)19/h1,5,9H,2-4,6-8H2,(H,14,19). The molecule has 0 unspecified atom stereocenters. The van der Waals surface area contributed by atoms with Crippen LogP contribution in [0.1, 0.15) is 29.6 Å². The summed E-state index contributed by atoms with van der Waals surface area (Å²) in [5.41, 5.74) is 0.328. The summed E-state index contributed by atoms with van der Waals surface area (Å²) >= 11 is 0. The van der Waals surface area contributed by atoms with Crippen LogP contribution < -0.4 is 5.32 Å². The van der Waals surface area contributed by atoms with E-state index in [-0.39, 0.29) is 17.2 Å². The molecule has 0 saturated carbocycles. The molecule has 2 amide bonds. The molecule has 1 aromatic rings. The molecule has 0 aromatic carbocycles. The van der Waals surface area contributed by atoms with E-state index in [1.165, 1.54) is 12.4 Å². The Hall–Kier alpha value is -1.98. The van der Waals surface area contributed by atoms with Crippen LogP contribution in [0.25, 0.3) is 0 Å². The van der Waals surface area contributed by atoms with Crippen molar-refractivity contribution in [2.24, 2.45) is 5.41 Å². The van der Waals surface area contributed by atoms with Crippen molar-refractivity contribution < 1.29 is 9.59 Å². The van der Waals surface area contributed by atoms with E-state index < -0.39 is 0 Å². The number of nitrogens with one attached hydrogen (secondary N) is 1. The minimum atomic E-state index is -0.229. The number of nitrogens with zero attached hydrogens (tertiary/aromatic N) is 3. The van der Waals surface area contributed by atoms with Crippen LogP contribution in [0.2, 0.25) is 0 Å². The number of rotatable bonds is 1. The van der Waals surface area contributed by atoms with E-state index in [0.29, 0.717) is 18.7 Å². The second-order valence-electron chi connectivity index (χ2n) is 5.21. The summed E-state index contributed by atoms with van der Waals surface area (Å²) in [6.45, 7) is 2.03. The van der Waals surface area contributed by atoms with Crippen LogP contribution in [0.5, 0.6) is 0 Å². The van der Waals surface area contributed by atoms with Crippen molar-refractivity contribution in [2.75, 3.05) is 19.6 Å². The molecule has 1 aromatic heterocycles. The second kappa shape index (κ2) is 4.60. The Morgan fingerprint density at radius 3 is 2.63 bits per heavy atom. The van der Waals surface area contributed by atoms with Gasteiger partial charge < -0.3 is 10.2 Å². The van der Waals surface area contributed by atoms with Crippen molar-refractivity contribution >= 4 is 11.8 Å². The van der Waals surface area contributed by atoms with Crippen LogP contribution in [0.3, 0.4) is 0 Å². The summed E-state index contributed by atoms with van der Waals surface area (Å²) in [5.74, 6) is 0.133. The molecule has 1 N–H and O–H groups in total. The van der Waals surface area contributed by atoms with E-state index in [4.69, 9.17) is 0 Å². The van der Waals surface area contributed by atoms with Crippen molar-refractivity contribution in [3.63, 3.8) is 0 Å². The van der Waals surface area contributed by atoms with E-state index in [0.717, 1.165) is 25.8 Å². The fourth-order valence-corrected chi connectivity index (χ4v) is 2.93. The number of likely N-dealkylation sites (tertiary alicyclic amines) is 1. The quantitative estimate of drug-likeness (QED) is 0.783. The van der Waals surface area contributed by atoms with Gasteiger partial charge in [-0.2, -0.15) is 10.2 Å². The average molecular weight is 260 g/mol. The number of piperidine rings is 1. The first-order valence-corrected chi connectivity index (χ1v) is 6.56. The summed E-state index contributed by atoms with van der Waals surface area (Å²) in [7, 11) is 0. The lowest BCUT2D eigenvalue weighted by Crippen LogP contribution is -2.46. The fraction of sp³-hybridized carbons (Fsp3) is 0.538. The molecule has 0 radical (unpaired) electrons. The average Bonchev–Trinajstić information content (AvgIpc) is 2.81. The molecular formula is C13H16N4O2. The topological polar surface area (TPSA) is 75.2 Å². The van der Waals surface area contributed by atoms with Gasteiger partial charge in [-0.05, 0) is 25.3 Å². The number of hydrogen-bond acceptors (Lipinski definition) is 4. The van der Waals surface area contributed by atoms with E-state index in [1.54, 1.807) is 11.0 Å². The maximum Gasteiger partial charge on any atom is 0.255 e. The highest BCUT2D eigenvalue weighted by Crippen LogP contribution is 2.38. The molecule has 100 valence electrons. The third-order valence-corrected chi connectivity index (χ3v) is 4.21. The maximum atomic E-state index is 12.2. The molecule has 2 fully saturated rings. The smallest absolute Gasteiger partial charge is 0.255 e. The van der Waals surface area contributed by atoms with Gasteiger partial charge in [0.05, 0.1) is 23.4 Å². The Morgan fingerprint density at radius 2 is 2.05 bits per heavy atom. The largest absolute Gasteiger partial charge is 0.356 e. The molecular weight excluding hydrogens is 244 g/mol. The Morgan fingerprint density at radius 1 is 1.26 bits per heavy atom. The monoisotopic (exact) mass is 260 g/mol. The second-order valence-corrected chi connectivity index (χ2v) is 5.21. The van der Waals surface area contributed by atoms with Crippen molar-refractivity contribution in [3.8, 4) is 0 Å². The number of amides is 2. The summed E-state index contributed by atoms with van der Waals surface area (Å²) in [6, 6.07) is 1.67. The SMILES string of the molecule is O=C(c1ccnnc1)N1CCC2(CCNC2=O)CC1. The zero-order valence-corrected chi connectivity index (χ0v) is 10.6. The third-order valence-electron chi connectivity index (χ3n) is 4.21. The fourth-order valence-electron chi connectivity index (χ4n) is 2.93. The zero-order valence-electron chi connectivity index (χ0n) is 10.6. The number of carbonyl (C=O) groups excluding carboxylic acids is 2. The Labute approximate surface area is 111 Å². The van der Waals surface area contributed by atoms with Crippen LogP contribution in [-0.4, -0.2) is 46.5 Å². The molecule has 2 saturated heterocycles. The lowest BCUT2D eigenvalue weighted by atomic mass is 9.77. The number of aromatic nitrogens is 2. The lowest BCUT2D eigenvalue weighted by molar-refractivity contribution is -0.129. The van der Waals surface area contributed by atoms with Gasteiger partial charge in [-0.1, -0.05) is 0 Å². The van der Waals surface area contributed by atoms with Gasteiger partial charge in [0.25, 0.3) is 5.91 Å². The summed E-state index contributed by atoms with van der Waals surface area (Å²) < 4.78 is 0. The van der Waals surface area contributed by atoms with Crippen LogP contribution in [0.4, 0.5) is 0 Å². The molecule has 19 heavy (non-hydrogen) atoms. The van der Waals surface area contributed by atoms with Crippen molar-refractivity contribution in [3.05, 3.63) is 24.0 Å². The van der Waals surface area contributed by atoms with Crippen molar-refractivity contribution in [1.29, 1.82) is 0 Å². The minimum absolute atomic E-state index is 0.0249. The van der Waals surface area contributed by atoms with Crippen molar-refractivity contribution in [2.45, 2.75) is 19.3 Å². The third kappa shape index (κ3) is 2.07. The molecule has 6 heteroatoms. The molecule has 0 aliphatic carbocycles. The first-order chi connectivity index (χ1) is 9.21. The van der Waals surface area contributed by atoms with E-state index in [9.17, 15) is 9.59 Å². The number of hydrogen-bond donors (Lipinski definition) is 1. The van der Waals surface area contributed by atoms with Gasteiger partial charge in [-0.15, -0.1) is 0 Å². The van der Waals surface area contributed by atoms with Gasteiger partial charge >= 0.3 is 0 Å². The molecule has 3 rings (SSSR count). The van der Waals surface area contributed by atoms with Gasteiger partial charge in [0.2, 0.25) is 5.91 Å². The highest BCUT2D eigenvalue weighted by atomic mass is 16.2. The maximum absolute atomic E-state index is 12.2. The Bertz CT molecular complexity index is 495. The molecule has 2 aliphatic rings. The molecule has 1 spiro atoms. The predicted molar refractivity (Wildman–Crippen MR) is 67.2 cm³/mol. The predicted octanol–water partition coefficient (Wildman–Crippen LogP) is 0.219. The first-order valence-electron chi connectivity index (χ1n) is 6.56. The van der Waals surface area contributed by atoms with E-state index in [2.05, 4.69) is 15.5 Å². The van der Waals surface area contributed by atoms with Gasteiger partial charge in [0.1, 0.15) is 0 Å². The molecule has 6 nitrogen and oxygen atoms in total. The summed E-state index contributed by atoms with van der Waals surface area (Å²) in [6.07, 6.45) is 5.40. The highest BCUT2D eigenvalue weighted by molar-refractivity contribution is 5.94. The molecule has 0 bridgehead atoms. The molecule has 2 aliphatic heterocycles. The van der Waals surface area contributed by atoms with Crippen LogP contribution in [0, 0.1) is 5.41 Å². The van der Waals surface area contributed by atoms with Gasteiger partial charge in [0, 0.05) is 19.6 Å². The van der Waals surface area contributed by atoms with Gasteiger partial charge in [0.15, 0.2) is 0 Å². The molecule has 0 atom stereocenters. The lowest BCUT2D eigenvalue weighted by Gasteiger charge is -2.37. The van der Waals surface area contributed by atoms with Gasteiger partial charge in [-0.3, -0.25) is 9.59 Å². The minimum Gasteiger partial charge on any atom is -0.356 e. The Kier molecular flexibility index (Phi) is 2.93. The molecule has 3 heterocycles. The zero-order chi connectivity index (χ0) is 13.3. The van der Waals surface area contributed by atoms with E-state index in [1.807, 2.05) is 0 Å². The summed E-state index contributed by atoms with van der Waals surface area (Å²) in [5, 5.41) is 10.3. The van der Waals surface area contributed by atoms with Crippen LogP contribution >= 0.6 is 0 Å². The summed E-state index contributed by atoms with van der Waals surface area (Å²) in [4.78, 5) is 25.9. The first kappa shape index (κ1) is 12.1. The number of carbonyl (C=O) groups is 2. The highest BCUT2D eigenvalue weighted by Gasteiger charge is 2.44. The van der Waals surface area contributed by atoms with Crippen LogP contribution in [-0.2, 0) is 4.79 Å². The van der Waals surface area contributed by atoms with Crippen LogP contribution in [0.15, 0.2) is 18.5 Å².